The lowest BCUT2D eigenvalue weighted by atomic mass is 10.2. The van der Waals surface area contributed by atoms with Gasteiger partial charge in [0.05, 0.1) is 13.7 Å². The van der Waals surface area contributed by atoms with Gasteiger partial charge in [-0.15, -0.1) is 0 Å². The molecule has 0 aliphatic heterocycles. The highest BCUT2D eigenvalue weighted by atomic mass is 16.5. The van der Waals surface area contributed by atoms with Crippen LogP contribution in [0.3, 0.4) is 0 Å². The lowest BCUT2D eigenvalue weighted by molar-refractivity contribution is -0.148. The Morgan fingerprint density at radius 2 is 1.91 bits per heavy atom. The summed E-state index contributed by atoms with van der Waals surface area (Å²) >= 11 is 0. The number of ether oxygens (including phenoxy) is 3. The molecule has 126 valence electrons. The van der Waals surface area contributed by atoms with Crippen LogP contribution in [0, 0.1) is 5.92 Å². The smallest absolute Gasteiger partial charge is 0.331 e. The van der Waals surface area contributed by atoms with Crippen LogP contribution in [0.15, 0.2) is 24.3 Å². The number of esters is 1. The molecule has 1 rings (SSSR count). The maximum atomic E-state index is 11.6. The van der Waals surface area contributed by atoms with Gasteiger partial charge in [0.1, 0.15) is 0 Å². The van der Waals surface area contributed by atoms with Crippen molar-refractivity contribution in [2.45, 2.75) is 26.9 Å². The molecule has 6 heteroatoms. The van der Waals surface area contributed by atoms with E-state index < -0.39 is 18.0 Å². The summed E-state index contributed by atoms with van der Waals surface area (Å²) in [4.78, 5) is 22.4. The van der Waals surface area contributed by atoms with Crippen molar-refractivity contribution in [3.8, 4) is 11.5 Å². The van der Waals surface area contributed by atoms with Crippen LogP contribution in [0.1, 0.15) is 26.3 Å². The van der Waals surface area contributed by atoms with E-state index in [2.05, 4.69) is 13.8 Å². The normalized spacial score (nSPS) is 12.2. The van der Waals surface area contributed by atoms with Crippen molar-refractivity contribution in [1.29, 1.82) is 0 Å². The van der Waals surface area contributed by atoms with E-state index in [-0.39, 0.29) is 0 Å². The van der Waals surface area contributed by atoms with Crippen molar-refractivity contribution in [3.63, 3.8) is 0 Å². The molecule has 2 N–H and O–H groups in total. The number of nitrogens with two attached hydrogens (primary N) is 1. The molecule has 0 aliphatic carbocycles. The highest BCUT2D eigenvalue weighted by Crippen LogP contribution is 2.29. The molecule has 1 atom stereocenters. The van der Waals surface area contributed by atoms with Gasteiger partial charge in [-0.2, -0.15) is 0 Å². The fourth-order valence-electron chi connectivity index (χ4n) is 1.60. The van der Waals surface area contributed by atoms with Crippen LogP contribution in [0.4, 0.5) is 0 Å². The minimum Gasteiger partial charge on any atom is -0.493 e. The van der Waals surface area contributed by atoms with E-state index >= 15 is 0 Å². The summed E-state index contributed by atoms with van der Waals surface area (Å²) in [5.74, 6) is 0.284. The first kappa shape index (κ1) is 18.5. The minimum absolute atomic E-state index is 0.404. The Morgan fingerprint density at radius 3 is 2.48 bits per heavy atom. The van der Waals surface area contributed by atoms with Crippen LogP contribution in [-0.4, -0.2) is 31.7 Å². The first-order chi connectivity index (χ1) is 10.8. The molecular formula is C17H23NO5. The molecule has 0 aromatic heterocycles. The standard InChI is InChI=1S/C17H23NO5/c1-11(2)10-22-14-7-5-13(9-15(14)21-4)6-8-16(19)23-12(3)17(18)20/h5-9,11-12H,10H2,1-4H3,(H2,18,20)/b8-6+/t12-/m1/s1. The van der Waals surface area contributed by atoms with Crippen molar-refractivity contribution < 1.29 is 23.8 Å². The molecule has 0 unspecified atom stereocenters. The molecule has 23 heavy (non-hydrogen) atoms. The van der Waals surface area contributed by atoms with E-state index in [0.717, 1.165) is 5.56 Å². The van der Waals surface area contributed by atoms with Gasteiger partial charge in [-0.3, -0.25) is 4.79 Å². The average Bonchev–Trinajstić information content (AvgIpc) is 2.50. The highest BCUT2D eigenvalue weighted by Gasteiger charge is 2.12. The maximum absolute atomic E-state index is 11.6. The fourth-order valence-corrected chi connectivity index (χ4v) is 1.60. The Labute approximate surface area is 136 Å². The fraction of sp³-hybridized carbons (Fsp3) is 0.412. The van der Waals surface area contributed by atoms with Crippen LogP contribution in [0.25, 0.3) is 6.08 Å². The molecule has 0 heterocycles. The molecule has 1 aromatic rings. The summed E-state index contributed by atoms with van der Waals surface area (Å²) in [5, 5.41) is 0. The molecule has 6 nitrogen and oxygen atoms in total. The second-order valence-electron chi connectivity index (χ2n) is 5.43. The lowest BCUT2D eigenvalue weighted by Crippen LogP contribution is -2.29. The van der Waals surface area contributed by atoms with Crippen LogP contribution < -0.4 is 15.2 Å². The van der Waals surface area contributed by atoms with Crippen molar-refractivity contribution in [2.75, 3.05) is 13.7 Å². The van der Waals surface area contributed by atoms with Gasteiger partial charge >= 0.3 is 5.97 Å². The Hall–Kier alpha value is -2.50. The Kier molecular flexibility index (Phi) is 7.12. The SMILES string of the molecule is COc1cc(/C=C/C(=O)O[C@H](C)C(N)=O)ccc1OCC(C)C. The zero-order valence-corrected chi connectivity index (χ0v) is 13.9. The summed E-state index contributed by atoms with van der Waals surface area (Å²) in [6.07, 6.45) is 1.82. The van der Waals surface area contributed by atoms with Crippen molar-refractivity contribution in [2.24, 2.45) is 11.7 Å². The molecule has 0 saturated heterocycles. The van der Waals surface area contributed by atoms with Gasteiger partial charge in [-0.1, -0.05) is 19.9 Å². The van der Waals surface area contributed by atoms with E-state index in [1.54, 1.807) is 31.4 Å². The maximum Gasteiger partial charge on any atom is 0.331 e. The lowest BCUT2D eigenvalue weighted by Gasteiger charge is -2.12. The summed E-state index contributed by atoms with van der Waals surface area (Å²) in [6, 6.07) is 5.31. The van der Waals surface area contributed by atoms with Gasteiger partial charge in [-0.25, -0.2) is 4.79 Å². The predicted octanol–water partition coefficient (Wildman–Crippen LogP) is 2.16. The number of amides is 1. The third-order valence-electron chi connectivity index (χ3n) is 2.87. The number of carbonyl (C=O) groups is 2. The van der Waals surface area contributed by atoms with E-state index in [0.29, 0.717) is 24.0 Å². The third kappa shape index (κ3) is 6.42. The summed E-state index contributed by atoms with van der Waals surface area (Å²) in [5.41, 5.74) is 5.76. The van der Waals surface area contributed by atoms with E-state index in [1.807, 2.05) is 0 Å². The van der Waals surface area contributed by atoms with Gasteiger partial charge in [0.2, 0.25) is 0 Å². The summed E-state index contributed by atoms with van der Waals surface area (Å²) < 4.78 is 15.8. The van der Waals surface area contributed by atoms with Crippen molar-refractivity contribution >= 4 is 18.0 Å². The van der Waals surface area contributed by atoms with Gasteiger partial charge in [-0.05, 0) is 36.6 Å². The molecule has 0 fully saturated rings. The largest absolute Gasteiger partial charge is 0.493 e. The monoisotopic (exact) mass is 321 g/mol. The molecule has 0 saturated carbocycles. The van der Waals surface area contributed by atoms with Gasteiger partial charge in [0.15, 0.2) is 17.6 Å². The number of primary amides is 1. The van der Waals surface area contributed by atoms with Gasteiger partial charge in [0.25, 0.3) is 5.91 Å². The second-order valence-corrected chi connectivity index (χ2v) is 5.43. The average molecular weight is 321 g/mol. The van der Waals surface area contributed by atoms with E-state index in [4.69, 9.17) is 19.9 Å². The quantitative estimate of drug-likeness (QED) is 0.585. The van der Waals surface area contributed by atoms with E-state index in [1.165, 1.54) is 13.0 Å². The number of hydrogen-bond acceptors (Lipinski definition) is 5. The Bertz CT molecular complexity index is 580. The highest BCUT2D eigenvalue weighted by molar-refractivity contribution is 5.90. The van der Waals surface area contributed by atoms with Crippen LogP contribution in [-0.2, 0) is 14.3 Å². The van der Waals surface area contributed by atoms with Gasteiger partial charge < -0.3 is 19.9 Å². The topological polar surface area (TPSA) is 87.9 Å². The number of benzene rings is 1. The number of rotatable bonds is 8. The summed E-state index contributed by atoms with van der Waals surface area (Å²) in [7, 11) is 1.55. The van der Waals surface area contributed by atoms with Crippen LogP contribution in [0.5, 0.6) is 11.5 Å². The first-order valence-corrected chi connectivity index (χ1v) is 7.32. The van der Waals surface area contributed by atoms with Crippen LogP contribution >= 0.6 is 0 Å². The zero-order valence-electron chi connectivity index (χ0n) is 13.9. The number of carbonyl (C=O) groups excluding carboxylic acids is 2. The molecule has 0 spiro atoms. The van der Waals surface area contributed by atoms with Gasteiger partial charge in [0, 0.05) is 6.08 Å². The van der Waals surface area contributed by atoms with Crippen LogP contribution in [0.2, 0.25) is 0 Å². The second kappa shape index (κ2) is 8.82. The molecule has 1 aromatic carbocycles. The Balaban J connectivity index is 2.75. The third-order valence-corrected chi connectivity index (χ3v) is 2.87. The van der Waals surface area contributed by atoms with Crippen molar-refractivity contribution in [1.82, 2.24) is 0 Å². The van der Waals surface area contributed by atoms with E-state index in [9.17, 15) is 9.59 Å². The minimum atomic E-state index is -0.964. The predicted molar refractivity (Wildman–Crippen MR) is 87.1 cm³/mol. The zero-order chi connectivity index (χ0) is 17.4. The summed E-state index contributed by atoms with van der Waals surface area (Å²) in [6.45, 7) is 6.12. The first-order valence-electron chi connectivity index (χ1n) is 7.32. The number of hydrogen-bond donors (Lipinski definition) is 1. The molecule has 1 amide bonds. The molecule has 0 radical (unpaired) electrons. The molecule has 0 aliphatic rings. The molecular weight excluding hydrogens is 298 g/mol. The van der Waals surface area contributed by atoms with Crippen molar-refractivity contribution in [3.05, 3.63) is 29.8 Å². The Morgan fingerprint density at radius 1 is 1.22 bits per heavy atom. The molecule has 0 bridgehead atoms. The number of methoxy groups -OCH3 is 1.